The van der Waals surface area contributed by atoms with E-state index in [1.54, 1.807) is 0 Å². The second-order valence-electron chi connectivity index (χ2n) is 9.87. The lowest BCUT2D eigenvalue weighted by atomic mass is 9.44. The highest BCUT2D eigenvalue weighted by molar-refractivity contribution is 5.12. The molecule has 2 N–H and O–H groups in total. The van der Waals surface area contributed by atoms with Crippen molar-refractivity contribution in [3.8, 4) is 0 Å². The summed E-state index contributed by atoms with van der Waals surface area (Å²) in [6.07, 6.45) is 7.87. The second kappa shape index (κ2) is 7.60. The molecule has 4 rings (SSSR count). The average Bonchev–Trinajstić information content (AvgIpc) is 2.98. The van der Waals surface area contributed by atoms with E-state index in [1.165, 1.54) is 12.8 Å². The summed E-state index contributed by atoms with van der Waals surface area (Å²) in [4.78, 5) is 11.5. The summed E-state index contributed by atoms with van der Waals surface area (Å²) >= 11 is 0. The highest BCUT2D eigenvalue weighted by Crippen LogP contribution is 2.66. The van der Waals surface area contributed by atoms with Crippen molar-refractivity contribution in [3.63, 3.8) is 0 Å². The van der Waals surface area contributed by atoms with E-state index in [2.05, 4.69) is 13.8 Å². The van der Waals surface area contributed by atoms with E-state index in [1.807, 2.05) is 7.11 Å². The molecule has 0 radical (unpaired) electrons. The van der Waals surface area contributed by atoms with Gasteiger partial charge in [0, 0.05) is 31.0 Å². The Bertz CT molecular complexity index is 557. The van der Waals surface area contributed by atoms with Gasteiger partial charge in [0.05, 0.1) is 12.2 Å². The van der Waals surface area contributed by atoms with Crippen LogP contribution in [0.25, 0.3) is 0 Å². The summed E-state index contributed by atoms with van der Waals surface area (Å²) in [6, 6.07) is -0.475. The standard InChI is InChI=1S/C20H33NO4.CH4O/c1-19-10-13(25-3)6-4-12(19)5-7-14-15-8-9-17(21(23)24)20(15,2)11-16(22)18(14)19;1-2/h12-18,22H,4-11H2,1-3H3;2H,1H3/t12?,13?,14?,15?,16?,17?,18?,19-,20?;/m0./s1. The Kier molecular flexibility index (Phi) is 5.91. The molecular weight excluding hydrogens is 346 g/mol. The number of nitro groups is 1. The summed E-state index contributed by atoms with van der Waals surface area (Å²) in [5.41, 5.74) is -0.210. The fraction of sp³-hybridized carbons (Fsp3) is 1.00. The minimum atomic E-state index is -0.475. The van der Waals surface area contributed by atoms with Crippen molar-refractivity contribution in [2.75, 3.05) is 14.2 Å². The lowest BCUT2D eigenvalue weighted by molar-refractivity contribution is -0.541. The molecule has 4 aliphatic carbocycles. The molecule has 0 amide bonds. The molecule has 0 heterocycles. The fourth-order valence-corrected chi connectivity index (χ4v) is 7.96. The third-order valence-electron chi connectivity index (χ3n) is 9.04. The van der Waals surface area contributed by atoms with Gasteiger partial charge < -0.3 is 14.9 Å². The van der Waals surface area contributed by atoms with Crippen molar-refractivity contribution < 1.29 is 19.9 Å². The molecule has 8 unspecified atom stereocenters. The molecule has 6 nitrogen and oxygen atoms in total. The minimum absolute atomic E-state index is 0.0675. The van der Waals surface area contributed by atoms with Crippen LogP contribution in [0, 0.1) is 44.6 Å². The number of rotatable bonds is 2. The van der Waals surface area contributed by atoms with Crippen LogP contribution in [-0.2, 0) is 4.74 Å². The van der Waals surface area contributed by atoms with Gasteiger partial charge in [-0.1, -0.05) is 13.8 Å². The van der Waals surface area contributed by atoms with E-state index in [4.69, 9.17) is 9.84 Å². The first-order valence-corrected chi connectivity index (χ1v) is 10.6. The van der Waals surface area contributed by atoms with E-state index in [0.29, 0.717) is 36.7 Å². The molecule has 0 aromatic heterocycles. The third kappa shape index (κ3) is 3.12. The summed E-state index contributed by atoms with van der Waals surface area (Å²) in [6.45, 7) is 4.47. The number of hydrogen-bond donors (Lipinski definition) is 2. The zero-order valence-electron chi connectivity index (χ0n) is 17.3. The maximum Gasteiger partial charge on any atom is 0.218 e. The Balaban J connectivity index is 0.00000102. The molecule has 0 saturated heterocycles. The molecule has 6 heteroatoms. The fourth-order valence-electron chi connectivity index (χ4n) is 7.96. The molecule has 4 saturated carbocycles. The molecule has 4 fully saturated rings. The number of aliphatic hydroxyl groups is 2. The van der Waals surface area contributed by atoms with Gasteiger partial charge in [-0.2, -0.15) is 0 Å². The Morgan fingerprint density at radius 2 is 1.67 bits per heavy atom. The molecule has 0 aromatic carbocycles. The highest BCUT2D eigenvalue weighted by Gasteiger charge is 2.65. The predicted octanol–water partition coefficient (Wildman–Crippen LogP) is 3.27. The van der Waals surface area contributed by atoms with Crippen molar-refractivity contribution in [1.29, 1.82) is 0 Å². The van der Waals surface area contributed by atoms with Gasteiger partial charge in [0.25, 0.3) is 0 Å². The summed E-state index contributed by atoms with van der Waals surface area (Å²) in [7, 11) is 2.81. The molecular formula is C21H37NO5. The molecule has 0 spiro atoms. The first-order valence-electron chi connectivity index (χ1n) is 10.6. The van der Waals surface area contributed by atoms with Crippen LogP contribution >= 0.6 is 0 Å². The van der Waals surface area contributed by atoms with Crippen LogP contribution in [0.2, 0.25) is 0 Å². The summed E-state index contributed by atoms with van der Waals surface area (Å²) in [5.74, 6) is 1.80. The number of nitrogens with zero attached hydrogens (tertiary/aromatic N) is 1. The molecule has 4 aliphatic rings. The Morgan fingerprint density at radius 1 is 1.00 bits per heavy atom. The molecule has 27 heavy (non-hydrogen) atoms. The van der Waals surface area contributed by atoms with E-state index in [-0.39, 0.29) is 21.7 Å². The van der Waals surface area contributed by atoms with Gasteiger partial charge in [-0.25, -0.2) is 0 Å². The van der Waals surface area contributed by atoms with Crippen molar-refractivity contribution in [1.82, 2.24) is 0 Å². The number of fused-ring (bicyclic) bond motifs is 5. The normalized spacial score (nSPS) is 51.3. The third-order valence-corrected chi connectivity index (χ3v) is 9.04. The van der Waals surface area contributed by atoms with Gasteiger partial charge >= 0.3 is 0 Å². The van der Waals surface area contributed by atoms with Crippen LogP contribution in [0.1, 0.15) is 65.2 Å². The highest BCUT2D eigenvalue weighted by atomic mass is 16.6. The molecule has 0 bridgehead atoms. The molecule has 9 atom stereocenters. The number of methoxy groups -OCH3 is 1. The van der Waals surface area contributed by atoms with Crippen LogP contribution < -0.4 is 0 Å². The molecule has 156 valence electrons. The van der Waals surface area contributed by atoms with Crippen LogP contribution in [0.3, 0.4) is 0 Å². The first kappa shape index (κ1) is 21.0. The lowest BCUT2D eigenvalue weighted by Gasteiger charge is -2.61. The predicted molar refractivity (Wildman–Crippen MR) is 103 cm³/mol. The Hall–Kier alpha value is -0.720. The van der Waals surface area contributed by atoms with Gasteiger partial charge in [0.1, 0.15) is 0 Å². The maximum absolute atomic E-state index is 11.6. The van der Waals surface area contributed by atoms with Crippen molar-refractivity contribution in [3.05, 3.63) is 10.1 Å². The molecule has 0 aromatic rings. The average molecular weight is 384 g/mol. The Morgan fingerprint density at radius 3 is 2.30 bits per heavy atom. The second-order valence-corrected chi connectivity index (χ2v) is 9.87. The zero-order chi connectivity index (χ0) is 20.0. The minimum Gasteiger partial charge on any atom is -0.400 e. The quantitative estimate of drug-likeness (QED) is 0.564. The van der Waals surface area contributed by atoms with Gasteiger partial charge in [0.2, 0.25) is 6.04 Å². The van der Waals surface area contributed by atoms with Crippen molar-refractivity contribution >= 4 is 0 Å². The van der Waals surface area contributed by atoms with Crippen LogP contribution in [-0.4, -0.2) is 47.6 Å². The van der Waals surface area contributed by atoms with E-state index < -0.39 is 12.1 Å². The lowest BCUT2D eigenvalue weighted by Crippen LogP contribution is -2.60. The van der Waals surface area contributed by atoms with Crippen molar-refractivity contribution in [2.24, 2.45) is 34.5 Å². The number of ether oxygens (including phenoxy) is 1. The van der Waals surface area contributed by atoms with Crippen molar-refractivity contribution in [2.45, 2.75) is 83.5 Å². The largest absolute Gasteiger partial charge is 0.400 e. The van der Waals surface area contributed by atoms with Gasteiger partial charge in [0.15, 0.2) is 0 Å². The first-order chi connectivity index (χ1) is 12.8. The van der Waals surface area contributed by atoms with E-state index in [9.17, 15) is 15.2 Å². The SMILES string of the molecule is CO.COC1CCC2CCC3C4CCC([N+](=O)[O-])C4(C)CC(O)C3[C@@]2(C)C1. The van der Waals surface area contributed by atoms with Gasteiger partial charge in [-0.05, 0) is 74.0 Å². The summed E-state index contributed by atoms with van der Waals surface area (Å²) in [5, 5.41) is 29.8. The Labute approximate surface area is 162 Å². The number of aliphatic hydroxyl groups excluding tert-OH is 2. The molecule has 0 aliphatic heterocycles. The summed E-state index contributed by atoms with van der Waals surface area (Å²) < 4.78 is 5.70. The van der Waals surface area contributed by atoms with Crippen LogP contribution in [0.5, 0.6) is 0 Å². The topological polar surface area (TPSA) is 92.8 Å². The zero-order valence-corrected chi connectivity index (χ0v) is 17.3. The monoisotopic (exact) mass is 383 g/mol. The maximum atomic E-state index is 11.6. The van der Waals surface area contributed by atoms with Crippen LogP contribution in [0.4, 0.5) is 0 Å². The smallest absolute Gasteiger partial charge is 0.218 e. The van der Waals surface area contributed by atoms with Gasteiger partial charge in [-0.3, -0.25) is 10.1 Å². The van der Waals surface area contributed by atoms with Crippen LogP contribution in [0.15, 0.2) is 0 Å². The number of hydrogen-bond acceptors (Lipinski definition) is 5. The van der Waals surface area contributed by atoms with Gasteiger partial charge in [-0.15, -0.1) is 0 Å². The van der Waals surface area contributed by atoms with E-state index in [0.717, 1.165) is 32.8 Å². The van der Waals surface area contributed by atoms with E-state index >= 15 is 0 Å².